The van der Waals surface area contributed by atoms with Crippen molar-refractivity contribution in [2.24, 2.45) is 0 Å². The Hall–Kier alpha value is -0.930. The van der Waals surface area contributed by atoms with Crippen LogP contribution in [0, 0.1) is 5.82 Å². The average Bonchev–Trinajstić information content (AvgIpc) is 2.15. The van der Waals surface area contributed by atoms with E-state index in [4.69, 9.17) is 23.2 Å². The molecule has 1 heterocycles. The highest BCUT2D eigenvalue weighted by Gasteiger charge is 2.11. The zero-order valence-corrected chi connectivity index (χ0v) is 9.35. The first-order valence-electron chi connectivity index (χ1n) is 4.34. The lowest BCUT2D eigenvalue weighted by Gasteiger charge is -2.06. The highest BCUT2D eigenvalue weighted by molar-refractivity contribution is 6.31. The van der Waals surface area contributed by atoms with Crippen LogP contribution in [-0.4, -0.2) is 9.97 Å². The lowest BCUT2D eigenvalue weighted by atomic mass is 10.2. The summed E-state index contributed by atoms with van der Waals surface area (Å²) in [4.78, 5) is 8.26. The molecule has 5 heteroatoms. The van der Waals surface area contributed by atoms with Crippen molar-refractivity contribution in [2.45, 2.75) is 12.3 Å². The third-order valence-corrected chi connectivity index (χ3v) is 2.47. The molecular formula is C10H7Cl2FN2. The Balaban J connectivity index is 2.71. The topological polar surface area (TPSA) is 25.8 Å². The molecule has 0 radical (unpaired) electrons. The SMILES string of the molecule is CC(Cl)c1nc2ccc(F)cc2nc1Cl. The summed E-state index contributed by atoms with van der Waals surface area (Å²) in [6, 6.07) is 4.17. The Labute approximate surface area is 96.1 Å². The highest BCUT2D eigenvalue weighted by Crippen LogP contribution is 2.26. The van der Waals surface area contributed by atoms with E-state index in [0.717, 1.165) is 0 Å². The van der Waals surface area contributed by atoms with Gasteiger partial charge < -0.3 is 0 Å². The largest absolute Gasteiger partial charge is 0.246 e. The molecule has 0 aliphatic rings. The van der Waals surface area contributed by atoms with Gasteiger partial charge in [-0.3, -0.25) is 0 Å². The number of fused-ring (bicyclic) bond motifs is 1. The minimum atomic E-state index is -0.362. The third kappa shape index (κ3) is 2.03. The summed E-state index contributed by atoms with van der Waals surface area (Å²) >= 11 is 11.7. The predicted octanol–water partition coefficient (Wildman–Crippen LogP) is 3.72. The lowest BCUT2D eigenvalue weighted by molar-refractivity contribution is 0.629. The van der Waals surface area contributed by atoms with Crippen molar-refractivity contribution in [3.63, 3.8) is 0 Å². The predicted molar refractivity (Wildman–Crippen MR) is 58.8 cm³/mol. The molecule has 0 amide bonds. The number of rotatable bonds is 1. The van der Waals surface area contributed by atoms with Gasteiger partial charge in [-0.25, -0.2) is 14.4 Å². The zero-order chi connectivity index (χ0) is 11.0. The van der Waals surface area contributed by atoms with E-state index in [1.54, 1.807) is 13.0 Å². The first kappa shape index (κ1) is 10.6. The van der Waals surface area contributed by atoms with Crippen molar-refractivity contribution >= 4 is 34.2 Å². The van der Waals surface area contributed by atoms with E-state index in [9.17, 15) is 4.39 Å². The van der Waals surface area contributed by atoms with Crippen molar-refractivity contribution in [1.82, 2.24) is 9.97 Å². The molecule has 0 aliphatic carbocycles. The van der Waals surface area contributed by atoms with Gasteiger partial charge in [-0.15, -0.1) is 11.6 Å². The van der Waals surface area contributed by atoms with Crippen LogP contribution in [0.25, 0.3) is 11.0 Å². The fourth-order valence-corrected chi connectivity index (χ4v) is 1.78. The third-order valence-electron chi connectivity index (χ3n) is 1.99. The van der Waals surface area contributed by atoms with E-state index < -0.39 is 0 Å². The molecule has 0 aliphatic heterocycles. The molecule has 0 fully saturated rings. The van der Waals surface area contributed by atoms with Crippen molar-refractivity contribution in [3.8, 4) is 0 Å². The van der Waals surface area contributed by atoms with Gasteiger partial charge in [0.05, 0.1) is 22.1 Å². The monoisotopic (exact) mass is 244 g/mol. The standard InChI is InChI=1S/C10H7Cl2FN2/c1-5(11)9-10(12)15-8-4-6(13)2-3-7(8)14-9/h2-5H,1H3. The quantitative estimate of drug-likeness (QED) is 0.715. The number of nitrogens with zero attached hydrogens (tertiary/aromatic N) is 2. The molecule has 78 valence electrons. The second-order valence-corrected chi connectivity index (χ2v) is 4.16. The first-order chi connectivity index (χ1) is 7.08. The molecular weight excluding hydrogens is 238 g/mol. The number of hydrogen-bond acceptors (Lipinski definition) is 2. The van der Waals surface area contributed by atoms with Crippen LogP contribution in [0.3, 0.4) is 0 Å². The normalized spacial score (nSPS) is 13.1. The molecule has 0 N–H and O–H groups in total. The van der Waals surface area contributed by atoms with E-state index in [2.05, 4.69) is 9.97 Å². The van der Waals surface area contributed by atoms with Gasteiger partial charge in [0.1, 0.15) is 5.82 Å². The molecule has 2 nitrogen and oxygen atoms in total. The highest BCUT2D eigenvalue weighted by atomic mass is 35.5. The summed E-state index contributed by atoms with van der Waals surface area (Å²) < 4.78 is 12.9. The maximum absolute atomic E-state index is 12.9. The number of aromatic nitrogens is 2. The van der Waals surface area contributed by atoms with Crippen LogP contribution in [-0.2, 0) is 0 Å². The van der Waals surface area contributed by atoms with E-state index in [1.807, 2.05) is 0 Å². The summed E-state index contributed by atoms with van der Waals surface area (Å²) in [5, 5.41) is -0.102. The van der Waals surface area contributed by atoms with Crippen LogP contribution >= 0.6 is 23.2 Å². The van der Waals surface area contributed by atoms with Crippen LogP contribution in [0.15, 0.2) is 18.2 Å². The van der Waals surface area contributed by atoms with E-state index in [-0.39, 0.29) is 16.3 Å². The van der Waals surface area contributed by atoms with Gasteiger partial charge in [0.15, 0.2) is 5.15 Å². The van der Waals surface area contributed by atoms with Gasteiger partial charge >= 0.3 is 0 Å². The zero-order valence-electron chi connectivity index (χ0n) is 7.84. The molecule has 1 aromatic carbocycles. The summed E-state index contributed by atoms with van der Waals surface area (Å²) in [7, 11) is 0. The molecule has 1 aromatic heterocycles. The fourth-order valence-electron chi connectivity index (χ4n) is 1.27. The fraction of sp³-hybridized carbons (Fsp3) is 0.200. The molecule has 0 saturated heterocycles. The Kier molecular flexibility index (Phi) is 2.76. The minimum Gasteiger partial charge on any atom is -0.246 e. The summed E-state index contributed by atoms with van der Waals surface area (Å²) in [5.74, 6) is -0.362. The van der Waals surface area contributed by atoms with Gasteiger partial charge in [-0.2, -0.15) is 0 Å². The maximum atomic E-state index is 12.9. The second-order valence-electron chi connectivity index (χ2n) is 3.15. The van der Waals surface area contributed by atoms with Crippen LogP contribution in [0.1, 0.15) is 18.0 Å². The molecule has 2 aromatic rings. The van der Waals surface area contributed by atoms with Crippen molar-refractivity contribution in [2.75, 3.05) is 0 Å². The van der Waals surface area contributed by atoms with Crippen molar-refractivity contribution in [1.29, 1.82) is 0 Å². The summed E-state index contributed by atoms with van der Waals surface area (Å²) in [6.07, 6.45) is 0. The first-order valence-corrected chi connectivity index (χ1v) is 5.16. The maximum Gasteiger partial charge on any atom is 0.152 e. The molecule has 1 atom stereocenters. The molecule has 2 rings (SSSR count). The molecule has 0 bridgehead atoms. The van der Waals surface area contributed by atoms with Gasteiger partial charge in [0.2, 0.25) is 0 Å². The Bertz CT molecular complexity index is 514. The van der Waals surface area contributed by atoms with E-state index in [0.29, 0.717) is 16.7 Å². The van der Waals surface area contributed by atoms with Crippen LogP contribution in [0.4, 0.5) is 4.39 Å². The van der Waals surface area contributed by atoms with Gasteiger partial charge in [0.25, 0.3) is 0 Å². The summed E-state index contributed by atoms with van der Waals surface area (Å²) in [5.41, 5.74) is 1.53. The van der Waals surface area contributed by atoms with Gasteiger partial charge in [-0.05, 0) is 19.1 Å². The van der Waals surface area contributed by atoms with Gasteiger partial charge in [0, 0.05) is 6.07 Å². The van der Waals surface area contributed by atoms with Crippen molar-refractivity contribution < 1.29 is 4.39 Å². The van der Waals surface area contributed by atoms with Crippen molar-refractivity contribution in [3.05, 3.63) is 34.9 Å². The van der Waals surface area contributed by atoms with E-state index >= 15 is 0 Å². The van der Waals surface area contributed by atoms with Crippen LogP contribution < -0.4 is 0 Å². The number of hydrogen-bond donors (Lipinski definition) is 0. The molecule has 0 spiro atoms. The Morgan fingerprint density at radius 3 is 2.67 bits per heavy atom. The minimum absolute atomic E-state index is 0.218. The molecule has 0 saturated carbocycles. The number of halogens is 3. The van der Waals surface area contributed by atoms with Gasteiger partial charge in [-0.1, -0.05) is 11.6 Å². The molecule has 1 unspecified atom stereocenters. The Morgan fingerprint density at radius 2 is 2.00 bits per heavy atom. The lowest BCUT2D eigenvalue weighted by Crippen LogP contribution is -1.96. The van der Waals surface area contributed by atoms with Crippen LogP contribution in [0.2, 0.25) is 5.15 Å². The summed E-state index contributed by atoms with van der Waals surface area (Å²) in [6.45, 7) is 1.76. The van der Waals surface area contributed by atoms with E-state index in [1.165, 1.54) is 12.1 Å². The molecule has 15 heavy (non-hydrogen) atoms. The Morgan fingerprint density at radius 1 is 1.27 bits per heavy atom. The smallest absolute Gasteiger partial charge is 0.152 e. The van der Waals surface area contributed by atoms with Crippen LogP contribution in [0.5, 0.6) is 0 Å². The second kappa shape index (κ2) is 3.91. The average molecular weight is 245 g/mol. The number of benzene rings is 1. The number of alkyl halides is 1.